The maximum absolute atomic E-state index is 11.9. The molecule has 142 valence electrons. The van der Waals surface area contributed by atoms with Gasteiger partial charge in [0.15, 0.2) is 0 Å². The molecule has 2 aromatic rings. The van der Waals surface area contributed by atoms with Crippen molar-refractivity contribution in [1.29, 1.82) is 0 Å². The molecule has 1 N–H and O–H groups in total. The highest BCUT2D eigenvalue weighted by molar-refractivity contribution is 7.89. The highest BCUT2D eigenvalue weighted by Gasteiger charge is 2.23. The van der Waals surface area contributed by atoms with E-state index < -0.39 is 14.9 Å². The predicted molar refractivity (Wildman–Crippen MR) is 98.2 cm³/mol. The van der Waals surface area contributed by atoms with E-state index in [4.69, 9.17) is 0 Å². The third kappa shape index (κ3) is 4.37. The number of nitrogens with one attached hydrogen (secondary N) is 1. The maximum Gasteiger partial charge on any atom is 0.271 e. The van der Waals surface area contributed by atoms with Gasteiger partial charge in [-0.05, 0) is 25.3 Å². The molecular weight excluding hydrogens is 358 g/mol. The number of likely N-dealkylation sites (tertiary alicyclic amines) is 1. The molecule has 0 radical (unpaired) electrons. The molecule has 3 rings (SSSR count). The molecule has 0 saturated carbocycles. The fourth-order valence-electron chi connectivity index (χ4n) is 3.25. The van der Waals surface area contributed by atoms with Crippen LogP contribution in [0.4, 0.5) is 5.69 Å². The smallest absolute Gasteiger partial charge is 0.271 e. The van der Waals surface area contributed by atoms with E-state index in [0.29, 0.717) is 13.1 Å². The summed E-state index contributed by atoms with van der Waals surface area (Å²) in [6.45, 7) is 3.87. The Labute approximate surface area is 152 Å². The third-order valence-corrected chi connectivity index (χ3v) is 6.22. The second-order valence-corrected chi connectivity index (χ2v) is 8.49. The highest BCUT2D eigenvalue weighted by atomic mass is 32.2. The first-order valence-corrected chi connectivity index (χ1v) is 10.4. The van der Waals surface area contributed by atoms with Crippen LogP contribution in [0.25, 0.3) is 10.9 Å². The van der Waals surface area contributed by atoms with Crippen LogP contribution in [0, 0.1) is 10.1 Å². The van der Waals surface area contributed by atoms with Crippen molar-refractivity contribution >= 4 is 26.6 Å². The van der Waals surface area contributed by atoms with Gasteiger partial charge in [0.05, 0.1) is 29.1 Å². The first kappa shape index (κ1) is 18.7. The van der Waals surface area contributed by atoms with Gasteiger partial charge in [0.25, 0.3) is 5.69 Å². The van der Waals surface area contributed by atoms with Crippen molar-refractivity contribution in [2.75, 3.05) is 18.8 Å². The van der Waals surface area contributed by atoms with E-state index in [2.05, 4.69) is 14.7 Å². The minimum Gasteiger partial charge on any atom is -0.284 e. The van der Waals surface area contributed by atoms with Gasteiger partial charge in [0.1, 0.15) is 0 Å². The number of nitro groups is 1. The minimum absolute atomic E-state index is 0.0294. The van der Waals surface area contributed by atoms with Gasteiger partial charge in [0.2, 0.25) is 10.0 Å². The zero-order chi connectivity index (χ0) is 18.7. The van der Waals surface area contributed by atoms with Crippen molar-refractivity contribution in [3.05, 3.63) is 34.5 Å². The number of hydrogen-bond donors (Lipinski definition) is 1. The predicted octanol–water partition coefficient (Wildman–Crippen LogP) is 1.70. The van der Waals surface area contributed by atoms with E-state index in [1.54, 1.807) is 16.9 Å². The highest BCUT2D eigenvalue weighted by Crippen LogP contribution is 2.21. The molecule has 1 saturated heterocycles. The molecule has 9 nitrogen and oxygen atoms in total. The molecule has 0 amide bonds. The molecule has 1 aromatic heterocycles. The van der Waals surface area contributed by atoms with E-state index in [0.717, 1.165) is 36.8 Å². The van der Waals surface area contributed by atoms with Crippen LogP contribution in [0.5, 0.6) is 0 Å². The van der Waals surface area contributed by atoms with Crippen molar-refractivity contribution in [3.8, 4) is 0 Å². The number of nitro benzene ring substituents is 1. The first-order chi connectivity index (χ1) is 12.4. The lowest BCUT2D eigenvalue weighted by molar-refractivity contribution is -0.384. The molecule has 26 heavy (non-hydrogen) atoms. The summed E-state index contributed by atoms with van der Waals surface area (Å²) >= 11 is 0. The summed E-state index contributed by atoms with van der Waals surface area (Å²) < 4.78 is 28.3. The van der Waals surface area contributed by atoms with Crippen molar-refractivity contribution in [2.45, 2.75) is 38.9 Å². The number of nitrogens with zero attached hydrogens (tertiary/aromatic N) is 4. The Kier molecular flexibility index (Phi) is 5.54. The summed E-state index contributed by atoms with van der Waals surface area (Å²) in [5.41, 5.74) is 0.772. The number of fused-ring (bicyclic) bond motifs is 1. The number of piperidine rings is 1. The largest absolute Gasteiger partial charge is 0.284 e. The van der Waals surface area contributed by atoms with Crippen LogP contribution in [0.3, 0.4) is 0 Å². The lowest BCUT2D eigenvalue weighted by atomic mass is 10.1. The van der Waals surface area contributed by atoms with Crippen LogP contribution in [-0.2, 0) is 16.7 Å². The zero-order valence-electron chi connectivity index (χ0n) is 14.7. The van der Waals surface area contributed by atoms with Gasteiger partial charge in [-0.3, -0.25) is 19.7 Å². The van der Waals surface area contributed by atoms with E-state index in [1.165, 1.54) is 12.1 Å². The quantitative estimate of drug-likeness (QED) is 0.577. The van der Waals surface area contributed by atoms with Gasteiger partial charge in [-0.15, -0.1) is 0 Å². The van der Waals surface area contributed by atoms with E-state index in [9.17, 15) is 18.5 Å². The molecule has 0 bridgehead atoms. The Morgan fingerprint density at radius 2 is 2.08 bits per heavy atom. The first-order valence-electron chi connectivity index (χ1n) is 8.70. The summed E-state index contributed by atoms with van der Waals surface area (Å²) in [4.78, 5) is 12.7. The van der Waals surface area contributed by atoms with Crippen LogP contribution < -0.4 is 4.72 Å². The number of non-ortho nitro benzene ring substituents is 1. The number of aromatic nitrogens is 2. The average molecular weight is 381 g/mol. The molecule has 0 spiro atoms. The van der Waals surface area contributed by atoms with Gasteiger partial charge in [-0.1, -0.05) is 6.92 Å². The topological polar surface area (TPSA) is 110 Å². The number of benzene rings is 1. The fourth-order valence-corrected chi connectivity index (χ4v) is 4.65. The SMILES string of the molecule is CCCS(=O)(=O)NC1CCN(Cn2ncc3ccc([N+](=O)[O-])cc32)CC1. The Morgan fingerprint density at radius 1 is 1.35 bits per heavy atom. The van der Waals surface area contributed by atoms with Crippen LogP contribution in [0.2, 0.25) is 0 Å². The normalized spacial score (nSPS) is 17.0. The van der Waals surface area contributed by atoms with Crippen molar-refractivity contribution in [3.63, 3.8) is 0 Å². The molecule has 2 heterocycles. The fraction of sp³-hybridized carbons (Fsp3) is 0.562. The summed E-state index contributed by atoms with van der Waals surface area (Å²) in [5.74, 6) is 0.158. The molecule has 1 aliphatic rings. The zero-order valence-corrected chi connectivity index (χ0v) is 15.5. The van der Waals surface area contributed by atoms with Crippen molar-refractivity contribution in [2.24, 2.45) is 0 Å². The van der Waals surface area contributed by atoms with Gasteiger partial charge in [-0.2, -0.15) is 5.10 Å². The summed E-state index contributed by atoms with van der Waals surface area (Å²) in [6, 6.07) is 4.68. The second kappa shape index (κ2) is 7.68. The molecule has 10 heteroatoms. The number of rotatable bonds is 7. The summed E-state index contributed by atoms with van der Waals surface area (Å²) in [5, 5.41) is 16.2. The molecule has 0 unspecified atom stereocenters. The average Bonchev–Trinajstić information content (AvgIpc) is 2.98. The van der Waals surface area contributed by atoms with E-state index in [-0.39, 0.29) is 17.5 Å². The minimum atomic E-state index is -3.19. The molecular formula is C16H23N5O4S. The lowest BCUT2D eigenvalue weighted by Gasteiger charge is -2.32. The van der Waals surface area contributed by atoms with Crippen molar-refractivity contribution in [1.82, 2.24) is 19.4 Å². The Morgan fingerprint density at radius 3 is 2.73 bits per heavy atom. The molecule has 1 fully saturated rings. The maximum atomic E-state index is 11.9. The number of sulfonamides is 1. The standard InChI is InChI=1S/C16H23N5O4S/c1-2-9-26(24,25)18-14-5-7-19(8-6-14)12-20-16-10-15(21(22)23)4-3-13(16)11-17-20/h3-4,10-11,14,18H,2,5-9,12H2,1H3. The Bertz CT molecular complexity index is 887. The lowest BCUT2D eigenvalue weighted by Crippen LogP contribution is -2.45. The second-order valence-electron chi connectivity index (χ2n) is 6.61. The summed E-state index contributed by atoms with van der Waals surface area (Å²) in [7, 11) is -3.19. The van der Waals surface area contributed by atoms with E-state index in [1.807, 2.05) is 6.92 Å². The Hall–Kier alpha value is -2.04. The molecule has 1 aliphatic heterocycles. The summed E-state index contributed by atoms with van der Waals surface area (Å²) in [6.07, 6.45) is 3.78. The van der Waals surface area contributed by atoms with Crippen LogP contribution in [0.1, 0.15) is 26.2 Å². The van der Waals surface area contributed by atoms with E-state index >= 15 is 0 Å². The van der Waals surface area contributed by atoms with Crippen molar-refractivity contribution < 1.29 is 13.3 Å². The van der Waals surface area contributed by atoms with Crippen LogP contribution in [0.15, 0.2) is 24.4 Å². The number of hydrogen-bond acceptors (Lipinski definition) is 6. The van der Waals surface area contributed by atoms with Gasteiger partial charge in [-0.25, -0.2) is 13.1 Å². The Balaban J connectivity index is 1.62. The monoisotopic (exact) mass is 381 g/mol. The van der Waals surface area contributed by atoms with Gasteiger partial charge in [0, 0.05) is 36.7 Å². The third-order valence-electron chi connectivity index (χ3n) is 4.58. The molecule has 0 aliphatic carbocycles. The van der Waals surface area contributed by atoms with Gasteiger partial charge < -0.3 is 0 Å². The van der Waals surface area contributed by atoms with Gasteiger partial charge >= 0.3 is 0 Å². The van der Waals surface area contributed by atoms with Crippen LogP contribution >= 0.6 is 0 Å². The molecule has 1 aromatic carbocycles. The van der Waals surface area contributed by atoms with Crippen LogP contribution in [-0.4, -0.2) is 52.9 Å². The molecule has 0 atom stereocenters.